The maximum atomic E-state index is 5.80. The van der Waals surface area contributed by atoms with Gasteiger partial charge in [0.25, 0.3) is 0 Å². The van der Waals surface area contributed by atoms with Gasteiger partial charge in [0.15, 0.2) is 0 Å². The van der Waals surface area contributed by atoms with Crippen molar-refractivity contribution in [1.82, 2.24) is 9.97 Å². The number of fused-ring (bicyclic) bond motifs is 1. The minimum Gasteiger partial charge on any atom is -0.357 e. The molecule has 1 aliphatic carbocycles. The Kier molecular flexibility index (Phi) is 1.91. The standard InChI is InChI=1S/C11H12BrN3/c12-7-3-9-8(14-5-7)4-10(15-9)11(6-13)1-2-11/h3-5,15H,1-2,6,13H2. The number of nitrogens with two attached hydrogens (primary N) is 1. The molecule has 2 aromatic heterocycles. The maximum absolute atomic E-state index is 5.80. The molecule has 0 saturated heterocycles. The molecule has 1 saturated carbocycles. The number of aromatic amines is 1. The number of nitrogens with zero attached hydrogens (tertiary/aromatic N) is 1. The molecular formula is C11H12BrN3. The molecule has 4 heteroatoms. The van der Waals surface area contributed by atoms with Crippen molar-refractivity contribution in [2.75, 3.05) is 6.54 Å². The maximum Gasteiger partial charge on any atom is 0.0882 e. The van der Waals surface area contributed by atoms with Crippen molar-refractivity contribution in [3.63, 3.8) is 0 Å². The summed E-state index contributed by atoms with van der Waals surface area (Å²) in [6, 6.07) is 4.18. The molecule has 3 N–H and O–H groups in total. The highest BCUT2D eigenvalue weighted by Crippen LogP contribution is 2.47. The third-order valence-electron chi connectivity index (χ3n) is 3.25. The van der Waals surface area contributed by atoms with Crippen molar-refractivity contribution in [3.05, 3.63) is 28.5 Å². The number of aromatic nitrogens is 2. The molecule has 0 atom stereocenters. The van der Waals surface area contributed by atoms with E-state index in [1.54, 1.807) is 0 Å². The average molecular weight is 266 g/mol. The monoisotopic (exact) mass is 265 g/mol. The largest absolute Gasteiger partial charge is 0.357 e. The molecular weight excluding hydrogens is 254 g/mol. The number of halogens is 1. The van der Waals surface area contributed by atoms with E-state index in [0.29, 0.717) is 0 Å². The van der Waals surface area contributed by atoms with Gasteiger partial charge in [0, 0.05) is 28.3 Å². The number of nitrogens with one attached hydrogen (secondary N) is 1. The quantitative estimate of drug-likeness (QED) is 0.876. The Morgan fingerprint density at radius 1 is 1.47 bits per heavy atom. The number of hydrogen-bond acceptors (Lipinski definition) is 2. The predicted molar refractivity (Wildman–Crippen MR) is 63.8 cm³/mol. The Labute approximate surface area is 96.2 Å². The van der Waals surface area contributed by atoms with E-state index in [0.717, 1.165) is 22.1 Å². The molecule has 0 spiro atoms. The fraction of sp³-hybridized carbons (Fsp3) is 0.364. The van der Waals surface area contributed by atoms with E-state index >= 15 is 0 Å². The zero-order valence-electron chi connectivity index (χ0n) is 8.26. The van der Waals surface area contributed by atoms with Crippen LogP contribution in [-0.4, -0.2) is 16.5 Å². The van der Waals surface area contributed by atoms with Crippen LogP contribution in [0.15, 0.2) is 22.8 Å². The van der Waals surface area contributed by atoms with Crippen LogP contribution in [0.2, 0.25) is 0 Å². The molecule has 0 unspecified atom stereocenters. The SMILES string of the molecule is NCC1(c2cc3ncc(Br)cc3[nH]2)CC1. The normalized spacial score (nSPS) is 18.3. The lowest BCUT2D eigenvalue weighted by molar-refractivity contribution is 0.686. The molecule has 1 fully saturated rings. The molecule has 1 aliphatic rings. The zero-order valence-corrected chi connectivity index (χ0v) is 9.84. The van der Waals surface area contributed by atoms with Crippen LogP contribution >= 0.6 is 15.9 Å². The van der Waals surface area contributed by atoms with E-state index in [4.69, 9.17) is 5.73 Å². The van der Waals surface area contributed by atoms with Gasteiger partial charge in [-0.15, -0.1) is 0 Å². The van der Waals surface area contributed by atoms with E-state index in [9.17, 15) is 0 Å². The summed E-state index contributed by atoms with van der Waals surface area (Å²) < 4.78 is 1.00. The van der Waals surface area contributed by atoms with Crippen LogP contribution in [-0.2, 0) is 5.41 Å². The van der Waals surface area contributed by atoms with Gasteiger partial charge < -0.3 is 10.7 Å². The summed E-state index contributed by atoms with van der Waals surface area (Å²) in [5.41, 5.74) is 9.36. The zero-order chi connectivity index (χ0) is 10.5. The highest BCUT2D eigenvalue weighted by Gasteiger charge is 2.44. The molecule has 15 heavy (non-hydrogen) atoms. The van der Waals surface area contributed by atoms with Crippen molar-refractivity contribution >= 4 is 27.0 Å². The van der Waals surface area contributed by atoms with E-state index < -0.39 is 0 Å². The first-order valence-corrected chi connectivity index (χ1v) is 5.88. The smallest absolute Gasteiger partial charge is 0.0882 e. The van der Waals surface area contributed by atoms with Crippen LogP contribution in [0.4, 0.5) is 0 Å². The Hall–Kier alpha value is -0.870. The highest BCUT2D eigenvalue weighted by molar-refractivity contribution is 9.10. The summed E-state index contributed by atoms with van der Waals surface area (Å²) >= 11 is 3.42. The number of hydrogen-bond donors (Lipinski definition) is 2. The molecule has 0 radical (unpaired) electrons. The third kappa shape index (κ3) is 1.40. The van der Waals surface area contributed by atoms with Crippen molar-refractivity contribution in [1.29, 1.82) is 0 Å². The van der Waals surface area contributed by atoms with Gasteiger partial charge in [-0.05, 0) is 40.9 Å². The summed E-state index contributed by atoms with van der Waals surface area (Å²) in [5.74, 6) is 0. The second-order valence-corrected chi connectivity index (χ2v) is 5.17. The van der Waals surface area contributed by atoms with Gasteiger partial charge in [0.2, 0.25) is 0 Å². The summed E-state index contributed by atoms with van der Waals surface area (Å²) in [7, 11) is 0. The van der Waals surface area contributed by atoms with Crippen LogP contribution in [0.25, 0.3) is 11.0 Å². The topological polar surface area (TPSA) is 54.7 Å². The lowest BCUT2D eigenvalue weighted by atomic mass is 10.0. The summed E-state index contributed by atoms with van der Waals surface area (Å²) in [6.07, 6.45) is 4.21. The van der Waals surface area contributed by atoms with Gasteiger partial charge in [0.1, 0.15) is 0 Å². The lowest BCUT2D eigenvalue weighted by Gasteiger charge is -2.08. The minimum atomic E-state index is 0.215. The van der Waals surface area contributed by atoms with Crippen LogP contribution in [0, 0.1) is 0 Å². The summed E-state index contributed by atoms with van der Waals surface area (Å²) in [4.78, 5) is 7.78. The molecule has 3 nitrogen and oxygen atoms in total. The summed E-state index contributed by atoms with van der Waals surface area (Å²) in [5, 5.41) is 0. The average Bonchev–Trinajstić information content (AvgIpc) is 2.93. The lowest BCUT2D eigenvalue weighted by Crippen LogP contribution is -2.19. The molecule has 2 aromatic rings. The van der Waals surface area contributed by atoms with E-state index in [2.05, 4.69) is 38.0 Å². The molecule has 78 valence electrons. The van der Waals surface area contributed by atoms with Crippen LogP contribution in [0.1, 0.15) is 18.5 Å². The number of H-pyrrole nitrogens is 1. The Bertz CT molecular complexity index is 514. The fourth-order valence-corrected chi connectivity index (χ4v) is 2.33. The van der Waals surface area contributed by atoms with Crippen molar-refractivity contribution < 1.29 is 0 Å². The van der Waals surface area contributed by atoms with Gasteiger partial charge in [-0.2, -0.15) is 0 Å². The number of pyridine rings is 1. The van der Waals surface area contributed by atoms with Crippen molar-refractivity contribution in [3.8, 4) is 0 Å². The van der Waals surface area contributed by atoms with Gasteiger partial charge in [-0.3, -0.25) is 4.98 Å². The van der Waals surface area contributed by atoms with Gasteiger partial charge in [0.05, 0.1) is 11.0 Å². The Balaban J connectivity index is 2.14. The second-order valence-electron chi connectivity index (χ2n) is 4.25. The Morgan fingerprint density at radius 3 is 2.93 bits per heavy atom. The molecule has 0 bridgehead atoms. The van der Waals surface area contributed by atoms with Crippen molar-refractivity contribution in [2.45, 2.75) is 18.3 Å². The first kappa shape index (κ1) is 9.36. The van der Waals surface area contributed by atoms with E-state index in [-0.39, 0.29) is 5.41 Å². The first-order valence-electron chi connectivity index (χ1n) is 5.08. The van der Waals surface area contributed by atoms with Gasteiger partial charge >= 0.3 is 0 Å². The van der Waals surface area contributed by atoms with Crippen LogP contribution in [0.5, 0.6) is 0 Å². The van der Waals surface area contributed by atoms with Gasteiger partial charge in [-0.25, -0.2) is 0 Å². The second kappa shape index (κ2) is 3.06. The molecule has 0 aliphatic heterocycles. The minimum absolute atomic E-state index is 0.215. The molecule has 2 heterocycles. The third-order valence-corrected chi connectivity index (χ3v) is 3.68. The first-order chi connectivity index (χ1) is 7.23. The van der Waals surface area contributed by atoms with Crippen LogP contribution in [0.3, 0.4) is 0 Å². The fourth-order valence-electron chi connectivity index (χ4n) is 2.00. The van der Waals surface area contributed by atoms with Crippen molar-refractivity contribution in [2.24, 2.45) is 5.73 Å². The molecule has 0 aromatic carbocycles. The Morgan fingerprint density at radius 2 is 2.27 bits per heavy atom. The number of rotatable bonds is 2. The highest BCUT2D eigenvalue weighted by atomic mass is 79.9. The van der Waals surface area contributed by atoms with Crippen LogP contribution < -0.4 is 5.73 Å². The predicted octanol–water partition coefficient (Wildman–Crippen LogP) is 2.32. The van der Waals surface area contributed by atoms with E-state index in [1.165, 1.54) is 18.5 Å². The van der Waals surface area contributed by atoms with E-state index in [1.807, 2.05) is 6.20 Å². The van der Waals surface area contributed by atoms with Gasteiger partial charge in [-0.1, -0.05) is 0 Å². The summed E-state index contributed by atoms with van der Waals surface area (Å²) in [6.45, 7) is 0.723. The molecule has 3 rings (SSSR count). The molecule has 0 amide bonds.